The summed E-state index contributed by atoms with van der Waals surface area (Å²) in [7, 11) is -0.340. The maximum Gasteiger partial charge on any atom is 0.363 e. The van der Waals surface area contributed by atoms with E-state index in [4.69, 9.17) is 0 Å². The van der Waals surface area contributed by atoms with E-state index in [1.807, 2.05) is 24.3 Å². The molecule has 0 aliphatic rings. The molecule has 64 valence electrons. The monoisotopic (exact) mass is 181 g/mol. The first-order valence-corrected chi connectivity index (χ1v) is 4.93. The third-order valence-corrected chi connectivity index (χ3v) is 2.44. The summed E-state index contributed by atoms with van der Waals surface area (Å²) in [6, 6.07) is 7.93. The molecule has 12 heavy (non-hydrogen) atoms. The molecule has 1 rings (SSSR count). The van der Waals surface area contributed by atoms with Gasteiger partial charge in [0.2, 0.25) is 0 Å². The minimum absolute atomic E-state index is 0.185. The van der Waals surface area contributed by atoms with Crippen LogP contribution in [0, 0.1) is 0 Å². The lowest BCUT2D eigenvalue weighted by molar-refractivity contribution is 0.590. The molecule has 0 spiro atoms. The van der Waals surface area contributed by atoms with Gasteiger partial charge in [-0.15, -0.1) is 0 Å². The second kappa shape index (κ2) is 3.37. The molecule has 1 nitrogen and oxygen atoms in total. The topological polar surface area (TPSA) is 17.1 Å². The highest BCUT2D eigenvalue weighted by molar-refractivity contribution is 7.34. The van der Waals surface area contributed by atoms with Crippen LogP contribution in [0.4, 0.5) is 0 Å². The van der Waals surface area contributed by atoms with E-state index in [1.165, 1.54) is 5.56 Å². The van der Waals surface area contributed by atoms with Gasteiger partial charge in [-0.3, -0.25) is 0 Å². The third-order valence-electron chi connectivity index (χ3n) is 1.87. The van der Waals surface area contributed by atoms with Crippen molar-refractivity contribution in [2.75, 3.05) is 0 Å². The van der Waals surface area contributed by atoms with Gasteiger partial charge in [-0.2, -0.15) is 0 Å². The Kier molecular flexibility index (Phi) is 2.64. The SMILES string of the molecule is CC(C)(C)c1ccc([PH+]=O)cc1. The summed E-state index contributed by atoms with van der Waals surface area (Å²) in [5.41, 5.74) is 1.47. The first-order valence-electron chi connectivity index (χ1n) is 4.03. The molecule has 1 atom stereocenters. The lowest BCUT2D eigenvalue weighted by Gasteiger charge is -2.17. The molecule has 0 N–H and O–H groups in total. The van der Waals surface area contributed by atoms with Gasteiger partial charge in [0.1, 0.15) is 0 Å². The molecular formula is C10H14OP+. The van der Waals surface area contributed by atoms with E-state index >= 15 is 0 Å². The summed E-state index contributed by atoms with van der Waals surface area (Å²) in [5, 5.41) is 0.892. The fourth-order valence-electron chi connectivity index (χ4n) is 1.04. The Hall–Kier alpha value is -0.680. The van der Waals surface area contributed by atoms with Gasteiger partial charge in [0.05, 0.1) is 0 Å². The van der Waals surface area contributed by atoms with E-state index in [-0.39, 0.29) is 13.9 Å². The molecule has 2 heteroatoms. The van der Waals surface area contributed by atoms with Gasteiger partial charge >= 0.3 is 8.46 Å². The Balaban J connectivity index is 3.00. The lowest BCUT2D eigenvalue weighted by Crippen LogP contribution is -2.11. The van der Waals surface area contributed by atoms with Gasteiger partial charge < -0.3 is 0 Å². The summed E-state index contributed by atoms with van der Waals surface area (Å²) in [6.07, 6.45) is 0. The number of benzene rings is 1. The molecule has 0 aliphatic heterocycles. The van der Waals surface area contributed by atoms with Gasteiger partial charge in [0.25, 0.3) is 0 Å². The predicted octanol–water partition coefficient (Wildman–Crippen LogP) is 2.63. The highest BCUT2D eigenvalue weighted by Crippen LogP contribution is 2.21. The standard InChI is InChI=1S/C10H13OP/c1-10(2,3)8-4-6-9(12-11)7-5-8/h4-7H,1-3H3/p+1. The Bertz CT molecular complexity index is 269. The van der Waals surface area contributed by atoms with Crippen molar-refractivity contribution < 1.29 is 4.57 Å². The van der Waals surface area contributed by atoms with Crippen LogP contribution in [-0.4, -0.2) is 0 Å². The zero-order valence-corrected chi connectivity index (χ0v) is 8.72. The number of hydrogen-bond acceptors (Lipinski definition) is 1. The largest absolute Gasteiger partial charge is 0.363 e. The molecule has 0 radical (unpaired) electrons. The lowest BCUT2D eigenvalue weighted by atomic mass is 9.87. The maximum absolute atomic E-state index is 10.5. The van der Waals surface area contributed by atoms with Crippen LogP contribution in [0.1, 0.15) is 26.3 Å². The molecule has 0 aromatic heterocycles. The second-order valence-corrected chi connectivity index (χ2v) is 4.71. The summed E-state index contributed by atoms with van der Waals surface area (Å²) >= 11 is 0. The van der Waals surface area contributed by atoms with Crippen LogP contribution in [0.3, 0.4) is 0 Å². The van der Waals surface area contributed by atoms with Crippen LogP contribution >= 0.6 is 8.46 Å². The van der Waals surface area contributed by atoms with Crippen LogP contribution in [0.2, 0.25) is 0 Å². The van der Waals surface area contributed by atoms with Gasteiger partial charge in [0, 0.05) is 0 Å². The van der Waals surface area contributed by atoms with E-state index in [9.17, 15) is 4.57 Å². The van der Waals surface area contributed by atoms with E-state index in [2.05, 4.69) is 20.8 Å². The average molecular weight is 181 g/mol. The van der Waals surface area contributed by atoms with E-state index in [0.29, 0.717) is 0 Å². The highest BCUT2D eigenvalue weighted by atomic mass is 31.1. The van der Waals surface area contributed by atoms with Crippen molar-refractivity contribution >= 4 is 13.8 Å². The smallest absolute Gasteiger partial charge is 0.0707 e. The first kappa shape index (κ1) is 9.41. The molecule has 0 saturated heterocycles. The molecule has 0 bridgehead atoms. The zero-order chi connectivity index (χ0) is 9.19. The number of hydrogen-bond donors (Lipinski definition) is 0. The molecule has 1 unspecified atom stereocenters. The van der Waals surface area contributed by atoms with Crippen LogP contribution in [0.25, 0.3) is 0 Å². The van der Waals surface area contributed by atoms with Crippen LogP contribution in [0.15, 0.2) is 24.3 Å². The summed E-state index contributed by atoms with van der Waals surface area (Å²) in [4.78, 5) is 0. The molecule has 0 fully saturated rings. The fourth-order valence-corrected chi connectivity index (χ4v) is 1.34. The Morgan fingerprint density at radius 2 is 1.58 bits per heavy atom. The minimum atomic E-state index is -0.340. The molecule has 1 aromatic carbocycles. The van der Waals surface area contributed by atoms with Gasteiger partial charge in [0.15, 0.2) is 5.30 Å². The van der Waals surface area contributed by atoms with Gasteiger partial charge in [-0.25, -0.2) is 0 Å². The molecule has 0 amide bonds. The second-order valence-electron chi connectivity index (χ2n) is 3.93. The van der Waals surface area contributed by atoms with Gasteiger partial charge in [-0.05, 0) is 23.1 Å². The van der Waals surface area contributed by atoms with Crippen molar-refractivity contribution in [1.29, 1.82) is 0 Å². The van der Waals surface area contributed by atoms with Crippen molar-refractivity contribution in [3.8, 4) is 0 Å². The summed E-state index contributed by atoms with van der Waals surface area (Å²) in [5.74, 6) is 0. The Morgan fingerprint density at radius 1 is 1.08 bits per heavy atom. The van der Waals surface area contributed by atoms with E-state index in [1.54, 1.807) is 0 Å². The summed E-state index contributed by atoms with van der Waals surface area (Å²) < 4.78 is 10.5. The van der Waals surface area contributed by atoms with E-state index < -0.39 is 0 Å². The maximum atomic E-state index is 10.5. The zero-order valence-electron chi connectivity index (χ0n) is 7.72. The quantitative estimate of drug-likeness (QED) is 0.608. The van der Waals surface area contributed by atoms with Crippen molar-refractivity contribution in [1.82, 2.24) is 0 Å². The van der Waals surface area contributed by atoms with Crippen molar-refractivity contribution in [2.45, 2.75) is 26.2 Å². The molecule has 0 aliphatic carbocycles. The minimum Gasteiger partial charge on any atom is -0.0707 e. The normalized spacial score (nSPS) is 11.9. The van der Waals surface area contributed by atoms with Crippen LogP contribution < -0.4 is 5.30 Å². The molecule has 0 saturated carbocycles. The molecule has 1 aromatic rings. The van der Waals surface area contributed by atoms with Crippen LogP contribution in [-0.2, 0) is 9.98 Å². The number of rotatable bonds is 1. The molecule has 0 heterocycles. The Labute approximate surface area is 75.0 Å². The van der Waals surface area contributed by atoms with Crippen LogP contribution in [0.5, 0.6) is 0 Å². The fraction of sp³-hybridized carbons (Fsp3) is 0.400. The average Bonchev–Trinajstić information content (AvgIpc) is 2.03. The Morgan fingerprint density at radius 3 is 1.92 bits per heavy atom. The van der Waals surface area contributed by atoms with Crippen molar-refractivity contribution in [2.24, 2.45) is 0 Å². The predicted molar refractivity (Wildman–Crippen MR) is 53.8 cm³/mol. The van der Waals surface area contributed by atoms with Gasteiger partial charge in [-0.1, -0.05) is 37.5 Å². The first-order chi connectivity index (χ1) is 5.54. The third kappa shape index (κ3) is 2.15. The van der Waals surface area contributed by atoms with Crippen molar-refractivity contribution in [3.05, 3.63) is 29.8 Å². The van der Waals surface area contributed by atoms with Crippen molar-refractivity contribution in [3.63, 3.8) is 0 Å². The summed E-state index contributed by atoms with van der Waals surface area (Å²) in [6.45, 7) is 6.50. The molecular weight excluding hydrogens is 167 g/mol. The van der Waals surface area contributed by atoms with E-state index in [0.717, 1.165) is 5.30 Å². The highest BCUT2D eigenvalue weighted by Gasteiger charge is 2.13.